The number of carbonyl (C=O) groups is 3. The average Bonchev–Trinajstić information content (AvgIpc) is 3.02. The molecule has 0 aliphatic carbocycles. The molecule has 3 aromatic rings. The van der Waals surface area contributed by atoms with Crippen molar-refractivity contribution in [2.24, 2.45) is 0 Å². The van der Waals surface area contributed by atoms with Crippen LogP contribution in [0.2, 0.25) is 0 Å². The Kier molecular flexibility index (Phi) is 9.00. The summed E-state index contributed by atoms with van der Waals surface area (Å²) in [5.74, 6) is -1.29. The molecule has 1 aliphatic heterocycles. The minimum atomic E-state index is -0.430. The van der Waals surface area contributed by atoms with E-state index in [-0.39, 0.29) is 53.0 Å². The summed E-state index contributed by atoms with van der Waals surface area (Å²) in [6, 6.07) is 20.1. The summed E-state index contributed by atoms with van der Waals surface area (Å²) < 4.78 is 0. The van der Waals surface area contributed by atoms with E-state index < -0.39 is 17.7 Å². The second kappa shape index (κ2) is 12.8. The molecule has 4 rings (SSSR count). The van der Waals surface area contributed by atoms with Gasteiger partial charge >= 0.3 is 0 Å². The number of hydrogen-bond acceptors (Lipinski definition) is 6. The lowest BCUT2D eigenvalue weighted by molar-refractivity contribution is 0.0976. The number of fused-ring (bicyclic) bond motifs is 6. The molecule has 0 atom stereocenters. The third-order valence-corrected chi connectivity index (χ3v) is 6.89. The van der Waals surface area contributed by atoms with E-state index in [4.69, 9.17) is 0 Å². The molecule has 0 fully saturated rings. The van der Waals surface area contributed by atoms with Gasteiger partial charge in [-0.1, -0.05) is 20.8 Å². The number of amides is 3. The number of nitriles is 3. The molecule has 0 saturated heterocycles. The molecule has 3 aromatic carbocycles. The number of benzene rings is 3. The fourth-order valence-corrected chi connectivity index (χ4v) is 5.05. The van der Waals surface area contributed by atoms with Crippen molar-refractivity contribution in [3.05, 3.63) is 88.0 Å². The van der Waals surface area contributed by atoms with E-state index in [0.29, 0.717) is 36.3 Å². The lowest BCUT2D eigenvalue weighted by Gasteiger charge is -2.26. The van der Waals surface area contributed by atoms with Gasteiger partial charge < -0.3 is 14.7 Å². The van der Waals surface area contributed by atoms with Crippen LogP contribution in [0.3, 0.4) is 0 Å². The molecule has 1 heterocycles. The molecular weight excluding hydrogens is 528 g/mol. The van der Waals surface area contributed by atoms with E-state index in [1.807, 2.05) is 20.8 Å². The standard InChI is InChI=1S/C33H30N6O3/c1-4-7-37-28-13-22(19-34)11-26(16-28)32(41)39(9-6-3)30-15-24(21-36)12-27(18-30)33(42)38(8-5-2)29-14-23(20-35)10-25(17-29)31(37)40/h10-18H,4-9H2,1-3H3. The summed E-state index contributed by atoms with van der Waals surface area (Å²) in [6.45, 7) is 6.58. The predicted octanol–water partition coefficient (Wildman–Crippen LogP) is 5.79. The Morgan fingerprint density at radius 2 is 0.738 bits per heavy atom. The average molecular weight is 559 g/mol. The van der Waals surface area contributed by atoms with E-state index in [1.165, 1.54) is 32.9 Å². The van der Waals surface area contributed by atoms with Crippen LogP contribution in [0.25, 0.3) is 0 Å². The number of anilines is 3. The van der Waals surface area contributed by atoms with Gasteiger partial charge in [0.2, 0.25) is 0 Å². The van der Waals surface area contributed by atoms with Crippen molar-refractivity contribution >= 4 is 34.8 Å². The van der Waals surface area contributed by atoms with Crippen LogP contribution in [0.15, 0.2) is 54.6 Å². The third-order valence-electron chi connectivity index (χ3n) is 6.89. The zero-order chi connectivity index (χ0) is 30.4. The van der Waals surface area contributed by atoms with Crippen molar-refractivity contribution in [1.29, 1.82) is 15.8 Å². The Labute approximate surface area is 245 Å². The van der Waals surface area contributed by atoms with Crippen molar-refractivity contribution < 1.29 is 14.4 Å². The SMILES string of the molecule is CCCN1C(=O)c2cc(C#N)cc(c2)N(CCC)C(=O)c2cc(C#N)cc(c2)N(CCC)C(=O)c2cc(C#N)cc1c2. The van der Waals surface area contributed by atoms with Crippen molar-refractivity contribution in [1.82, 2.24) is 0 Å². The first-order valence-corrected chi connectivity index (χ1v) is 13.9. The highest BCUT2D eigenvalue weighted by atomic mass is 16.2. The lowest BCUT2D eigenvalue weighted by Crippen LogP contribution is -2.34. The summed E-state index contributed by atoms with van der Waals surface area (Å²) >= 11 is 0. The number of rotatable bonds is 6. The second-order valence-corrected chi connectivity index (χ2v) is 10.0. The first-order chi connectivity index (χ1) is 20.3. The van der Waals surface area contributed by atoms with E-state index in [1.54, 1.807) is 36.4 Å². The van der Waals surface area contributed by atoms with Crippen LogP contribution < -0.4 is 14.7 Å². The maximum absolute atomic E-state index is 14.0. The van der Waals surface area contributed by atoms with Gasteiger partial charge in [0.1, 0.15) is 0 Å². The highest BCUT2D eigenvalue weighted by Gasteiger charge is 2.27. The predicted molar refractivity (Wildman–Crippen MR) is 159 cm³/mol. The fourth-order valence-electron chi connectivity index (χ4n) is 5.05. The molecule has 3 amide bonds. The topological polar surface area (TPSA) is 132 Å². The van der Waals surface area contributed by atoms with E-state index in [0.717, 1.165) is 0 Å². The van der Waals surface area contributed by atoms with Crippen LogP contribution in [-0.4, -0.2) is 37.4 Å². The highest BCUT2D eigenvalue weighted by Crippen LogP contribution is 2.30. The minimum Gasteiger partial charge on any atom is -0.308 e. The molecule has 0 radical (unpaired) electrons. The van der Waals surface area contributed by atoms with Crippen LogP contribution in [0.1, 0.15) is 87.8 Å². The van der Waals surface area contributed by atoms with Crippen molar-refractivity contribution in [2.45, 2.75) is 40.0 Å². The molecule has 9 nitrogen and oxygen atoms in total. The normalized spacial score (nSPS) is 13.1. The van der Waals surface area contributed by atoms with E-state index in [2.05, 4.69) is 18.2 Å². The summed E-state index contributed by atoms with van der Waals surface area (Å²) in [5, 5.41) is 29.5. The monoisotopic (exact) mass is 558 g/mol. The first kappa shape index (κ1) is 29.5. The van der Waals surface area contributed by atoms with E-state index in [9.17, 15) is 30.2 Å². The van der Waals surface area contributed by atoms with Gasteiger partial charge in [-0.2, -0.15) is 15.8 Å². The smallest absolute Gasteiger partial charge is 0.258 e. The summed E-state index contributed by atoms with van der Waals surface area (Å²) in [6.07, 6.45) is 1.76. The van der Waals surface area contributed by atoms with Crippen LogP contribution in [0, 0.1) is 34.0 Å². The molecule has 9 heteroatoms. The number of nitrogens with zero attached hydrogens (tertiary/aromatic N) is 6. The Balaban J connectivity index is 2.11. The lowest BCUT2D eigenvalue weighted by atomic mass is 10.0. The van der Waals surface area contributed by atoms with Crippen LogP contribution in [0.4, 0.5) is 17.1 Å². The van der Waals surface area contributed by atoms with E-state index >= 15 is 0 Å². The molecule has 6 bridgehead atoms. The largest absolute Gasteiger partial charge is 0.308 e. The quantitative estimate of drug-likeness (QED) is 0.376. The minimum absolute atomic E-state index is 0.190. The molecule has 0 N–H and O–H groups in total. The highest BCUT2D eigenvalue weighted by molar-refractivity contribution is 6.12. The van der Waals surface area contributed by atoms with Gasteiger partial charge in [-0.3, -0.25) is 14.4 Å². The van der Waals surface area contributed by atoms with Gasteiger partial charge in [0, 0.05) is 53.4 Å². The summed E-state index contributed by atoms with van der Waals surface area (Å²) in [7, 11) is 0. The molecular formula is C33H30N6O3. The van der Waals surface area contributed by atoms with Crippen LogP contribution >= 0.6 is 0 Å². The second-order valence-electron chi connectivity index (χ2n) is 10.0. The summed E-state index contributed by atoms with van der Waals surface area (Å²) in [4.78, 5) is 46.6. The Morgan fingerprint density at radius 3 is 0.952 bits per heavy atom. The van der Waals surface area contributed by atoms with Gasteiger partial charge in [-0.05, 0) is 73.9 Å². The molecule has 1 aliphatic rings. The van der Waals surface area contributed by atoms with Crippen molar-refractivity contribution in [2.75, 3.05) is 34.3 Å². The van der Waals surface area contributed by atoms with Gasteiger partial charge in [-0.25, -0.2) is 0 Å². The Bertz CT molecular complexity index is 1490. The maximum atomic E-state index is 14.0. The zero-order valence-electron chi connectivity index (χ0n) is 23.8. The van der Waals surface area contributed by atoms with Crippen molar-refractivity contribution in [3.63, 3.8) is 0 Å². The first-order valence-electron chi connectivity index (χ1n) is 13.9. The fraction of sp³-hybridized carbons (Fsp3) is 0.273. The Hall–Kier alpha value is -5.46. The van der Waals surface area contributed by atoms with Crippen molar-refractivity contribution in [3.8, 4) is 18.2 Å². The molecule has 0 saturated carbocycles. The zero-order valence-corrected chi connectivity index (χ0v) is 23.8. The van der Waals surface area contributed by atoms with Gasteiger partial charge in [-0.15, -0.1) is 0 Å². The van der Waals surface area contributed by atoms with Gasteiger partial charge in [0.15, 0.2) is 0 Å². The maximum Gasteiger partial charge on any atom is 0.258 e. The van der Waals surface area contributed by atoms with Gasteiger partial charge in [0.05, 0.1) is 34.9 Å². The molecule has 0 unspecified atom stereocenters. The Morgan fingerprint density at radius 1 is 0.476 bits per heavy atom. The molecule has 0 aromatic heterocycles. The molecule has 210 valence electrons. The molecule has 42 heavy (non-hydrogen) atoms. The van der Waals surface area contributed by atoms with Crippen LogP contribution in [-0.2, 0) is 0 Å². The number of carbonyl (C=O) groups excluding carboxylic acids is 3. The third kappa shape index (κ3) is 5.84. The number of hydrogen-bond donors (Lipinski definition) is 0. The van der Waals surface area contributed by atoms with Crippen LogP contribution in [0.5, 0.6) is 0 Å². The van der Waals surface area contributed by atoms with Gasteiger partial charge in [0.25, 0.3) is 17.7 Å². The molecule has 0 spiro atoms. The summed E-state index contributed by atoms with van der Waals surface area (Å²) in [5.41, 5.74) is 2.28.